The molecule has 0 aromatic carbocycles. The summed E-state index contributed by atoms with van der Waals surface area (Å²) in [7, 11) is 0. The fourth-order valence-corrected chi connectivity index (χ4v) is 4.06. The summed E-state index contributed by atoms with van der Waals surface area (Å²) in [6, 6.07) is 0. The van der Waals surface area contributed by atoms with Crippen LogP contribution in [-0.4, -0.2) is 19.4 Å². The maximum Gasteiger partial charge on any atom is 0.508 e. The number of carbonyl (C=O) groups is 1. The molecule has 0 saturated heterocycles. The lowest BCUT2D eigenvalue weighted by Gasteiger charge is -2.07. The summed E-state index contributed by atoms with van der Waals surface area (Å²) in [5.74, 6) is 0.842. The molecule has 0 aromatic heterocycles. The molecule has 0 radical (unpaired) electrons. The molecule has 0 amide bonds. The predicted molar refractivity (Wildman–Crippen MR) is 144 cm³/mol. The zero-order chi connectivity index (χ0) is 24.2. The van der Waals surface area contributed by atoms with Gasteiger partial charge in [0.25, 0.3) is 0 Å². The maximum absolute atomic E-state index is 11.6. The van der Waals surface area contributed by atoms with Crippen LogP contribution in [0.15, 0.2) is 12.2 Å². The van der Waals surface area contributed by atoms with Gasteiger partial charge in [0, 0.05) is 0 Å². The number of hydrogen-bond donors (Lipinski definition) is 0. The Morgan fingerprint density at radius 1 is 0.576 bits per heavy atom. The number of rotatable bonds is 25. The lowest BCUT2D eigenvalue weighted by molar-refractivity contribution is 0.0529. The van der Waals surface area contributed by atoms with Crippen molar-refractivity contribution in [1.82, 2.24) is 0 Å². The Morgan fingerprint density at radius 2 is 0.970 bits per heavy atom. The summed E-state index contributed by atoms with van der Waals surface area (Å²) in [5.41, 5.74) is 0. The van der Waals surface area contributed by atoms with Gasteiger partial charge in [-0.2, -0.15) is 0 Å². The third-order valence-corrected chi connectivity index (χ3v) is 6.27. The molecule has 3 nitrogen and oxygen atoms in total. The van der Waals surface area contributed by atoms with Gasteiger partial charge in [-0.1, -0.05) is 129 Å². The minimum atomic E-state index is -0.485. The SMILES string of the molecule is CCCCCCC=CCCCCCCCCOC(=O)OCCCCCCCCCCC(C)C. The van der Waals surface area contributed by atoms with Crippen LogP contribution in [0.25, 0.3) is 0 Å². The zero-order valence-corrected chi connectivity index (χ0v) is 22.7. The molecule has 0 aromatic rings. The fraction of sp³-hybridized carbons (Fsp3) is 0.900. The monoisotopic (exact) mass is 466 g/mol. The van der Waals surface area contributed by atoms with E-state index in [4.69, 9.17) is 9.47 Å². The van der Waals surface area contributed by atoms with Gasteiger partial charge in [0.15, 0.2) is 0 Å². The van der Waals surface area contributed by atoms with Crippen LogP contribution in [0.4, 0.5) is 4.79 Å². The van der Waals surface area contributed by atoms with E-state index >= 15 is 0 Å². The third kappa shape index (κ3) is 29.0. The quantitative estimate of drug-likeness (QED) is 0.0762. The maximum atomic E-state index is 11.6. The first-order valence-corrected chi connectivity index (χ1v) is 14.6. The van der Waals surface area contributed by atoms with Crippen molar-refractivity contribution in [3.8, 4) is 0 Å². The zero-order valence-electron chi connectivity index (χ0n) is 22.7. The third-order valence-electron chi connectivity index (χ3n) is 6.27. The van der Waals surface area contributed by atoms with Gasteiger partial charge in [0.05, 0.1) is 13.2 Å². The molecule has 3 heteroatoms. The molecule has 0 aliphatic rings. The first-order chi connectivity index (χ1) is 16.2. The van der Waals surface area contributed by atoms with Crippen LogP contribution in [0, 0.1) is 5.92 Å². The van der Waals surface area contributed by atoms with Crippen molar-refractivity contribution in [2.45, 2.75) is 156 Å². The summed E-state index contributed by atoms with van der Waals surface area (Å²) >= 11 is 0. The Labute approximate surface area is 207 Å². The lowest BCUT2D eigenvalue weighted by Crippen LogP contribution is -2.09. The van der Waals surface area contributed by atoms with Crippen LogP contribution in [0.5, 0.6) is 0 Å². The molecule has 0 aliphatic carbocycles. The summed E-state index contributed by atoms with van der Waals surface area (Å²) in [5, 5.41) is 0. The highest BCUT2D eigenvalue weighted by Crippen LogP contribution is 2.13. The summed E-state index contributed by atoms with van der Waals surface area (Å²) in [4.78, 5) is 11.6. The van der Waals surface area contributed by atoms with Gasteiger partial charge in [-0.25, -0.2) is 4.79 Å². The van der Waals surface area contributed by atoms with E-state index in [1.54, 1.807) is 0 Å². The minimum absolute atomic E-state index is 0.485. The van der Waals surface area contributed by atoms with Crippen molar-refractivity contribution in [3.63, 3.8) is 0 Å². The van der Waals surface area contributed by atoms with Crippen molar-refractivity contribution in [2.24, 2.45) is 5.92 Å². The molecule has 0 aliphatic heterocycles. The summed E-state index contributed by atoms with van der Waals surface area (Å²) in [6.07, 6.45) is 30.8. The topological polar surface area (TPSA) is 35.5 Å². The average Bonchev–Trinajstić information content (AvgIpc) is 2.79. The molecule has 0 unspecified atom stereocenters. The van der Waals surface area contributed by atoms with E-state index in [1.807, 2.05) is 0 Å². The standard InChI is InChI=1S/C30H58O3/c1-4-5-6-7-8-9-10-11-12-13-15-18-21-24-27-32-30(31)33-28-25-22-19-16-14-17-20-23-26-29(2)3/h9-10,29H,4-8,11-28H2,1-3H3. The van der Waals surface area contributed by atoms with E-state index in [-0.39, 0.29) is 0 Å². The van der Waals surface area contributed by atoms with Gasteiger partial charge in [-0.15, -0.1) is 0 Å². The first kappa shape index (κ1) is 32.0. The van der Waals surface area contributed by atoms with Gasteiger partial charge >= 0.3 is 6.16 Å². The highest BCUT2D eigenvalue weighted by atomic mass is 16.7. The number of allylic oxidation sites excluding steroid dienone is 2. The summed E-state index contributed by atoms with van der Waals surface area (Å²) < 4.78 is 10.4. The van der Waals surface area contributed by atoms with Crippen molar-refractivity contribution in [3.05, 3.63) is 12.2 Å². The Balaban J connectivity index is 3.20. The van der Waals surface area contributed by atoms with Gasteiger partial charge in [0.2, 0.25) is 0 Å². The van der Waals surface area contributed by atoms with Gasteiger partial charge < -0.3 is 9.47 Å². The van der Waals surface area contributed by atoms with Crippen LogP contribution in [-0.2, 0) is 9.47 Å². The Kier molecular flexibility index (Phi) is 26.4. The second-order valence-corrected chi connectivity index (χ2v) is 10.2. The molecule has 0 bridgehead atoms. The van der Waals surface area contributed by atoms with E-state index in [0.29, 0.717) is 13.2 Å². The molecule has 196 valence electrons. The molecular weight excluding hydrogens is 408 g/mol. The highest BCUT2D eigenvalue weighted by molar-refractivity contribution is 5.59. The lowest BCUT2D eigenvalue weighted by atomic mass is 10.0. The second-order valence-electron chi connectivity index (χ2n) is 10.2. The van der Waals surface area contributed by atoms with Gasteiger partial charge in [-0.05, 0) is 44.4 Å². The van der Waals surface area contributed by atoms with Crippen molar-refractivity contribution in [2.75, 3.05) is 13.2 Å². The second kappa shape index (κ2) is 27.3. The largest absolute Gasteiger partial charge is 0.508 e. The van der Waals surface area contributed by atoms with Crippen LogP contribution in [0.2, 0.25) is 0 Å². The van der Waals surface area contributed by atoms with E-state index < -0.39 is 6.16 Å². The van der Waals surface area contributed by atoms with Crippen LogP contribution in [0.3, 0.4) is 0 Å². The van der Waals surface area contributed by atoms with Gasteiger partial charge in [0.1, 0.15) is 0 Å². The van der Waals surface area contributed by atoms with Crippen LogP contribution >= 0.6 is 0 Å². The number of carbonyl (C=O) groups excluding carboxylic acids is 1. The van der Waals surface area contributed by atoms with E-state index in [0.717, 1.165) is 31.6 Å². The fourth-order valence-electron chi connectivity index (χ4n) is 4.06. The molecule has 0 N–H and O–H groups in total. The molecule has 0 rings (SSSR count). The molecule has 0 fully saturated rings. The molecule has 0 atom stereocenters. The minimum Gasteiger partial charge on any atom is -0.434 e. The molecular formula is C30H58O3. The smallest absolute Gasteiger partial charge is 0.434 e. The van der Waals surface area contributed by atoms with Crippen LogP contribution in [0.1, 0.15) is 156 Å². The molecule has 33 heavy (non-hydrogen) atoms. The van der Waals surface area contributed by atoms with Crippen LogP contribution < -0.4 is 0 Å². The van der Waals surface area contributed by atoms with E-state index in [1.165, 1.54) is 109 Å². The molecule has 0 saturated carbocycles. The Hall–Kier alpha value is -0.990. The van der Waals surface area contributed by atoms with Crippen molar-refractivity contribution >= 4 is 6.16 Å². The predicted octanol–water partition coefficient (Wildman–Crippen LogP) is 10.6. The Bertz CT molecular complexity index is 417. The van der Waals surface area contributed by atoms with Crippen molar-refractivity contribution in [1.29, 1.82) is 0 Å². The Morgan fingerprint density at radius 3 is 1.42 bits per heavy atom. The van der Waals surface area contributed by atoms with E-state index in [9.17, 15) is 4.79 Å². The van der Waals surface area contributed by atoms with Crippen molar-refractivity contribution < 1.29 is 14.3 Å². The molecule has 0 heterocycles. The number of hydrogen-bond acceptors (Lipinski definition) is 3. The summed E-state index contributed by atoms with van der Waals surface area (Å²) in [6.45, 7) is 7.86. The van der Waals surface area contributed by atoms with E-state index in [2.05, 4.69) is 32.9 Å². The average molecular weight is 467 g/mol. The highest BCUT2D eigenvalue weighted by Gasteiger charge is 2.03. The number of unbranched alkanes of at least 4 members (excludes halogenated alkanes) is 17. The van der Waals surface area contributed by atoms with Gasteiger partial charge in [-0.3, -0.25) is 0 Å². The normalized spacial score (nSPS) is 11.5. The molecule has 0 spiro atoms. The first-order valence-electron chi connectivity index (χ1n) is 14.6. The number of ether oxygens (including phenoxy) is 2.